The first-order valence-corrected chi connectivity index (χ1v) is 12.8. The minimum Gasteiger partial charge on any atom is -0.333 e. The number of carbonyl (C=O) groups excluding carboxylic acids is 1. The van der Waals surface area contributed by atoms with Gasteiger partial charge in [-0.1, -0.05) is 19.3 Å². The minimum atomic E-state index is -3.18. The molecule has 2 aliphatic heterocycles. The highest BCUT2D eigenvalue weighted by Crippen LogP contribution is 2.30. The second-order valence-corrected chi connectivity index (χ2v) is 11.0. The molecular weight excluding hydrogens is 390 g/mol. The maximum atomic E-state index is 12.8. The molecule has 1 saturated carbocycles. The Morgan fingerprint density at radius 2 is 1.83 bits per heavy atom. The van der Waals surface area contributed by atoms with Crippen LogP contribution in [0.1, 0.15) is 75.9 Å². The number of nitrogens with zero attached hydrogens (tertiary/aromatic N) is 5. The monoisotopic (exact) mass is 423 g/mol. The van der Waals surface area contributed by atoms with Gasteiger partial charge >= 0.3 is 0 Å². The van der Waals surface area contributed by atoms with E-state index in [-0.39, 0.29) is 17.6 Å². The fraction of sp³-hybridized carbons (Fsp3) is 0.850. The summed E-state index contributed by atoms with van der Waals surface area (Å²) in [6.45, 7) is 4.67. The van der Waals surface area contributed by atoms with Gasteiger partial charge in [-0.15, -0.1) is 10.2 Å². The number of fused-ring (bicyclic) bond motifs is 1. The first-order chi connectivity index (χ1) is 14.0. The van der Waals surface area contributed by atoms with Crippen LogP contribution in [0, 0.1) is 5.92 Å². The maximum Gasteiger partial charge on any atom is 0.223 e. The number of sulfonamides is 1. The van der Waals surface area contributed by atoms with Gasteiger partial charge in [-0.05, 0) is 38.5 Å². The summed E-state index contributed by atoms with van der Waals surface area (Å²) >= 11 is 0. The van der Waals surface area contributed by atoms with Crippen LogP contribution in [0.3, 0.4) is 0 Å². The molecule has 1 amide bonds. The molecule has 0 N–H and O–H groups in total. The van der Waals surface area contributed by atoms with Crippen LogP contribution in [0.25, 0.3) is 0 Å². The summed E-state index contributed by atoms with van der Waals surface area (Å²) in [6.07, 6.45) is 8.60. The first-order valence-electron chi connectivity index (χ1n) is 11.2. The Labute approximate surface area is 173 Å². The summed E-state index contributed by atoms with van der Waals surface area (Å²) in [5.41, 5.74) is 0. The normalized spacial score (nSPS) is 24.4. The van der Waals surface area contributed by atoms with Crippen molar-refractivity contribution in [3.8, 4) is 0 Å². The molecule has 1 aromatic heterocycles. The van der Waals surface area contributed by atoms with Gasteiger partial charge in [0.25, 0.3) is 0 Å². The Kier molecular flexibility index (Phi) is 6.24. The lowest BCUT2D eigenvalue weighted by Gasteiger charge is -2.33. The third-order valence-electron chi connectivity index (χ3n) is 6.83. The number of hydrogen-bond donors (Lipinski definition) is 0. The topological polar surface area (TPSA) is 88.4 Å². The molecule has 0 aromatic carbocycles. The largest absolute Gasteiger partial charge is 0.333 e. The summed E-state index contributed by atoms with van der Waals surface area (Å²) < 4.78 is 28.3. The van der Waals surface area contributed by atoms with E-state index in [4.69, 9.17) is 0 Å². The number of piperidine rings is 1. The SMILES string of the molecule is CCS(=O)(=O)N1CCCC(c2nnc3n2CCN(C(=O)CC2CCCCC2)C3)C1. The number of aromatic nitrogens is 3. The van der Waals surface area contributed by atoms with Crippen molar-refractivity contribution in [1.29, 1.82) is 0 Å². The molecule has 1 atom stereocenters. The zero-order valence-corrected chi connectivity index (χ0v) is 18.2. The van der Waals surface area contributed by atoms with E-state index in [1.54, 1.807) is 11.2 Å². The van der Waals surface area contributed by atoms with E-state index < -0.39 is 10.0 Å². The van der Waals surface area contributed by atoms with Crippen LogP contribution in [-0.4, -0.2) is 63.7 Å². The molecule has 9 heteroatoms. The molecule has 4 rings (SSSR count). The molecule has 29 heavy (non-hydrogen) atoms. The molecule has 8 nitrogen and oxygen atoms in total. The van der Waals surface area contributed by atoms with Gasteiger partial charge in [0, 0.05) is 38.5 Å². The Morgan fingerprint density at radius 1 is 1.03 bits per heavy atom. The van der Waals surface area contributed by atoms with Crippen molar-refractivity contribution in [2.24, 2.45) is 5.92 Å². The fourth-order valence-electron chi connectivity index (χ4n) is 5.05. The van der Waals surface area contributed by atoms with Gasteiger partial charge < -0.3 is 9.47 Å². The van der Waals surface area contributed by atoms with Crippen molar-refractivity contribution in [3.63, 3.8) is 0 Å². The van der Waals surface area contributed by atoms with Crippen LogP contribution in [-0.2, 0) is 27.9 Å². The molecule has 3 aliphatic rings. The van der Waals surface area contributed by atoms with Gasteiger partial charge in [0.1, 0.15) is 5.82 Å². The van der Waals surface area contributed by atoms with Crippen molar-refractivity contribution in [2.75, 3.05) is 25.4 Å². The molecule has 2 fully saturated rings. The smallest absolute Gasteiger partial charge is 0.223 e. The molecule has 1 aromatic rings. The Bertz CT molecular complexity index is 831. The van der Waals surface area contributed by atoms with Gasteiger partial charge in [0.05, 0.1) is 12.3 Å². The summed E-state index contributed by atoms with van der Waals surface area (Å²) in [5.74, 6) is 2.71. The quantitative estimate of drug-likeness (QED) is 0.724. The average molecular weight is 424 g/mol. The predicted molar refractivity (Wildman–Crippen MR) is 110 cm³/mol. The minimum absolute atomic E-state index is 0.0795. The average Bonchev–Trinajstić information content (AvgIpc) is 3.18. The zero-order chi connectivity index (χ0) is 20.4. The van der Waals surface area contributed by atoms with Crippen LogP contribution < -0.4 is 0 Å². The molecule has 0 bridgehead atoms. The van der Waals surface area contributed by atoms with Crippen molar-refractivity contribution in [3.05, 3.63) is 11.6 Å². The van der Waals surface area contributed by atoms with E-state index in [1.807, 2.05) is 4.90 Å². The van der Waals surface area contributed by atoms with E-state index in [0.29, 0.717) is 45.1 Å². The van der Waals surface area contributed by atoms with Crippen LogP contribution in [0.4, 0.5) is 0 Å². The summed E-state index contributed by atoms with van der Waals surface area (Å²) in [7, 11) is -3.18. The zero-order valence-electron chi connectivity index (χ0n) is 17.4. The molecule has 1 saturated heterocycles. The Morgan fingerprint density at radius 3 is 2.59 bits per heavy atom. The Balaban J connectivity index is 1.41. The first kappa shape index (κ1) is 20.8. The fourth-order valence-corrected chi connectivity index (χ4v) is 6.23. The van der Waals surface area contributed by atoms with Crippen LogP contribution in [0.2, 0.25) is 0 Å². The molecule has 1 unspecified atom stereocenters. The summed E-state index contributed by atoms with van der Waals surface area (Å²) in [6, 6.07) is 0. The lowest BCUT2D eigenvalue weighted by molar-refractivity contribution is -0.134. The van der Waals surface area contributed by atoms with E-state index >= 15 is 0 Å². The molecule has 3 heterocycles. The molecule has 162 valence electrons. The van der Waals surface area contributed by atoms with Crippen LogP contribution in [0.15, 0.2) is 0 Å². The van der Waals surface area contributed by atoms with Crippen molar-refractivity contribution >= 4 is 15.9 Å². The third kappa shape index (κ3) is 4.50. The lowest BCUT2D eigenvalue weighted by Crippen LogP contribution is -2.42. The lowest BCUT2D eigenvalue weighted by atomic mass is 9.86. The van der Waals surface area contributed by atoms with Crippen molar-refractivity contribution < 1.29 is 13.2 Å². The molecule has 0 radical (unpaired) electrons. The second-order valence-electron chi connectivity index (χ2n) is 8.75. The molecule has 1 aliphatic carbocycles. The highest BCUT2D eigenvalue weighted by atomic mass is 32.2. The number of carbonyl (C=O) groups is 1. The predicted octanol–water partition coefficient (Wildman–Crippen LogP) is 2.12. The van der Waals surface area contributed by atoms with Gasteiger partial charge in [0.2, 0.25) is 15.9 Å². The van der Waals surface area contributed by atoms with Crippen LogP contribution in [0.5, 0.6) is 0 Å². The second kappa shape index (κ2) is 8.71. The number of hydrogen-bond acceptors (Lipinski definition) is 5. The van der Waals surface area contributed by atoms with Gasteiger partial charge in [-0.25, -0.2) is 12.7 Å². The molecular formula is C20H33N5O3S. The molecule has 0 spiro atoms. The number of rotatable bonds is 5. The standard InChI is InChI=1S/C20H33N5O3S/c1-2-29(27,28)24-10-6-9-17(14-24)20-22-21-18-15-23(11-12-25(18)20)19(26)13-16-7-4-3-5-8-16/h16-17H,2-15H2,1H3. The number of amides is 1. The van der Waals surface area contributed by atoms with E-state index in [2.05, 4.69) is 14.8 Å². The van der Waals surface area contributed by atoms with E-state index in [0.717, 1.165) is 24.5 Å². The highest BCUT2D eigenvalue weighted by Gasteiger charge is 2.33. The van der Waals surface area contributed by atoms with Crippen LogP contribution >= 0.6 is 0 Å². The Hall–Kier alpha value is -1.48. The van der Waals surface area contributed by atoms with Crippen molar-refractivity contribution in [2.45, 2.75) is 77.3 Å². The third-order valence-corrected chi connectivity index (χ3v) is 8.68. The highest BCUT2D eigenvalue weighted by molar-refractivity contribution is 7.89. The maximum absolute atomic E-state index is 12.8. The van der Waals surface area contributed by atoms with Crippen molar-refractivity contribution in [1.82, 2.24) is 24.0 Å². The van der Waals surface area contributed by atoms with E-state index in [1.165, 1.54) is 32.1 Å². The van der Waals surface area contributed by atoms with Gasteiger partial charge in [-0.2, -0.15) is 0 Å². The van der Waals surface area contributed by atoms with E-state index in [9.17, 15) is 13.2 Å². The summed E-state index contributed by atoms with van der Waals surface area (Å²) in [4.78, 5) is 14.7. The summed E-state index contributed by atoms with van der Waals surface area (Å²) in [5, 5.41) is 8.80. The van der Waals surface area contributed by atoms with Gasteiger partial charge in [-0.3, -0.25) is 4.79 Å². The van der Waals surface area contributed by atoms with Gasteiger partial charge in [0.15, 0.2) is 5.82 Å².